The second kappa shape index (κ2) is 6.05. The molecule has 3 unspecified atom stereocenters. The molecule has 1 N–H and O–H groups in total. The molecular weight excluding hydrogens is 226 g/mol. The van der Waals surface area contributed by atoms with Crippen molar-refractivity contribution < 1.29 is 9.90 Å². The molecule has 1 aliphatic heterocycles. The largest absolute Gasteiger partial charge is 0.481 e. The van der Waals surface area contributed by atoms with Crippen molar-refractivity contribution in [3.8, 4) is 0 Å². The van der Waals surface area contributed by atoms with Crippen molar-refractivity contribution in [2.75, 3.05) is 13.1 Å². The summed E-state index contributed by atoms with van der Waals surface area (Å²) in [5, 5.41) is 9.11. The molecule has 0 saturated carbocycles. The van der Waals surface area contributed by atoms with Gasteiger partial charge in [-0.1, -0.05) is 27.7 Å². The third-order valence-electron chi connectivity index (χ3n) is 4.68. The molecule has 0 amide bonds. The Balaban J connectivity index is 2.59. The van der Waals surface area contributed by atoms with Crippen LogP contribution in [0.2, 0.25) is 0 Å². The van der Waals surface area contributed by atoms with Gasteiger partial charge in [0.2, 0.25) is 0 Å². The van der Waals surface area contributed by atoms with Gasteiger partial charge in [0.1, 0.15) is 0 Å². The molecule has 0 aromatic heterocycles. The van der Waals surface area contributed by atoms with Gasteiger partial charge < -0.3 is 5.11 Å². The first-order chi connectivity index (χ1) is 8.23. The van der Waals surface area contributed by atoms with Gasteiger partial charge in [-0.25, -0.2) is 0 Å². The second-order valence-electron chi connectivity index (χ2n) is 6.90. The number of hydrogen-bond acceptors (Lipinski definition) is 2. The smallest absolute Gasteiger partial charge is 0.307 e. The predicted molar refractivity (Wildman–Crippen MR) is 74.6 cm³/mol. The van der Waals surface area contributed by atoms with Crippen molar-refractivity contribution in [1.29, 1.82) is 0 Å². The number of hydrogen-bond donors (Lipinski definition) is 1. The van der Waals surface area contributed by atoms with Gasteiger partial charge in [-0.2, -0.15) is 0 Å². The Kier molecular flexibility index (Phi) is 5.20. The molecule has 1 aliphatic rings. The average molecular weight is 255 g/mol. The van der Waals surface area contributed by atoms with Crippen LogP contribution < -0.4 is 0 Å². The van der Waals surface area contributed by atoms with Crippen LogP contribution >= 0.6 is 0 Å². The quantitative estimate of drug-likeness (QED) is 0.841. The summed E-state index contributed by atoms with van der Waals surface area (Å²) in [7, 11) is 0. The Labute approximate surface area is 112 Å². The van der Waals surface area contributed by atoms with Gasteiger partial charge >= 0.3 is 5.97 Å². The summed E-state index contributed by atoms with van der Waals surface area (Å²) in [4.78, 5) is 13.4. The van der Waals surface area contributed by atoms with E-state index in [4.69, 9.17) is 5.11 Å². The Morgan fingerprint density at radius 2 is 1.83 bits per heavy atom. The molecule has 1 rings (SSSR count). The minimum atomic E-state index is -0.681. The van der Waals surface area contributed by atoms with Gasteiger partial charge in [0.25, 0.3) is 0 Å². The number of aliphatic carboxylic acids is 1. The lowest BCUT2D eigenvalue weighted by atomic mass is 9.77. The van der Waals surface area contributed by atoms with Crippen LogP contribution in [0.25, 0.3) is 0 Å². The fraction of sp³-hybridized carbons (Fsp3) is 0.933. The highest BCUT2D eigenvalue weighted by Crippen LogP contribution is 2.34. The zero-order valence-corrected chi connectivity index (χ0v) is 12.6. The topological polar surface area (TPSA) is 40.5 Å². The molecule has 1 heterocycles. The van der Waals surface area contributed by atoms with E-state index >= 15 is 0 Å². The maximum atomic E-state index is 11.1. The maximum absolute atomic E-state index is 11.1. The van der Waals surface area contributed by atoms with E-state index in [0.717, 1.165) is 19.0 Å². The molecule has 106 valence electrons. The highest BCUT2D eigenvalue weighted by atomic mass is 16.4. The van der Waals surface area contributed by atoms with E-state index in [2.05, 4.69) is 32.6 Å². The summed E-state index contributed by atoms with van der Waals surface area (Å²) in [6.45, 7) is 12.9. The SMILES string of the molecule is CC(C(=O)O)C(C)N1CCCC(C(C)(C)C)CC1. The van der Waals surface area contributed by atoms with E-state index < -0.39 is 5.97 Å². The lowest BCUT2D eigenvalue weighted by Gasteiger charge is -2.32. The molecule has 1 saturated heterocycles. The Hall–Kier alpha value is -0.570. The summed E-state index contributed by atoms with van der Waals surface area (Å²) < 4.78 is 0. The predicted octanol–water partition coefficient (Wildman–Crippen LogP) is 3.24. The number of carboxylic acids is 1. The van der Waals surface area contributed by atoms with Crippen molar-refractivity contribution in [2.45, 2.75) is 59.9 Å². The number of carbonyl (C=O) groups is 1. The van der Waals surface area contributed by atoms with Gasteiger partial charge in [-0.3, -0.25) is 9.69 Å². The Morgan fingerprint density at radius 1 is 1.22 bits per heavy atom. The van der Waals surface area contributed by atoms with Gasteiger partial charge in [0, 0.05) is 6.04 Å². The zero-order valence-electron chi connectivity index (χ0n) is 12.6. The van der Waals surface area contributed by atoms with Crippen molar-refractivity contribution in [2.24, 2.45) is 17.3 Å². The lowest BCUT2D eigenvalue weighted by molar-refractivity contribution is -0.143. The van der Waals surface area contributed by atoms with Gasteiger partial charge in [-0.05, 0) is 50.6 Å². The van der Waals surface area contributed by atoms with E-state index in [1.807, 2.05) is 6.92 Å². The van der Waals surface area contributed by atoms with E-state index in [1.165, 1.54) is 19.3 Å². The zero-order chi connectivity index (χ0) is 13.9. The van der Waals surface area contributed by atoms with Crippen LogP contribution in [0.15, 0.2) is 0 Å². The minimum Gasteiger partial charge on any atom is -0.481 e. The Bertz CT molecular complexity index is 283. The van der Waals surface area contributed by atoms with Gasteiger partial charge in [-0.15, -0.1) is 0 Å². The highest BCUT2D eigenvalue weighted by molar-refractivity contribution is 5.70. The molecule has 0 aliphatic carbocycles. The van der Waals surface area contributed by atoms with Crippen LogP contribution in [-0.2, 0) is 4.79 Å². The molecule has 0 aromatic rings. The first-order valence-electron chi connectivity index (χ1n) is 7.20. The fourth-order valence-electron chi connectivity index (χ4n) is 2.91. The van der Waals surface area contributed by atoms with Crippen LogP contribution in [-0.4, -0.2) is 35.1 Å². The highest BCUT2D eigenvalue weighted by Gasteiger charge is 2.31. The summed E-state index contributed by atoms with van der Waals surface area (Å²) in [5.74, 6) is -0.204. The minimum absolute atomic E-state index is 0.140. The standard InChI is InChI=1S/C15H29NO2/c1-11(14(17)18)12(2)16-9-6-7-13(8-10-16)15(3,4)5/h11-13H,6-10H2,1-5H3,(H,17,18). The van der Waals surface area contributed by atoms with Crippen LogP contribution in [0.4, 0.5) is 0 Å². The Morgan fingerprint density at radius 3 is 2.33 bits per heavy atom. The van der Waals surface area contributed by atoms with Gasteiger partial charge in [0.05, 0.1) is 5.92 Å². The normalized spacial score (nSPS) is 26.4. The molecular formula is C15H29NO2. The number of carboxylic acid groups (broad SMARTS) is 1. The van der Waals surface area contributed by atoms with Crippen LogP contribution in [0.5, 0.6) is 0 Å². The second-order valence-corrected chi connectivity index (χ2v) is 6.90. The molecule has 0 bridgehead atoms. The lowest BCUT2D eigenvalue weighted by Crippen LogP contribution is -2.41. The molecule has 3 heteroatoms. The van der Waals surface area contributed by atoms with Crippen LogP contribution in [0.1, 0.15) is 53.9 Å². The summed E-state index contributed by atoms with van der Waals surface area (Å²) >= 11 is 0. The molecule has 0 spiro atoms. The average Bonchev–Trinajstić information content (AvgIpc) is 2.51. The van der Waals surface area contributed by atoms with Gasteiger partial charge in [0.15, 0.2) is 0 Å². The summed E-state index contributed by atoms with van der Waals surface area (Å²) in [5.41, 5.74) is 0.373. The van der Waals surface area contributed by atoms with Crippen molar-refractivity contribution >= 4 is 5.97 Å². The first-order valence-corrected chi connectivity index (χ1v) is 7.20. The van der Waals surface area contributed by atoms with E-state index in [0.29, 0.717) is 5.41 Å². The van der Waals surface area contributed by atoms with Crippen LogP contribution in [0, 0.1) is 17.3 Å². The number of likely N-dealkylation sites (tertiary alicyclic amines) is 1. The molecule has 3 atom stereocenters. The van der Waals surface area contributed by atoms with Crippen molar-refractivity contribution in [1.82, 2.24) is 4.90 Å². The third kappa shape index (κ3) is 3.98. The van der Waals surface area contributed by atoms with Crippen LogP contribution in [0.3, 0.4) is 0 Å². The summed E-state index contributed by atoms with van der Waals surface area (Å²) in [6, 6.07) is 0.140. The van der Waals surface area contributed by atoms with E-state index in [1.54, 1.807) is 0 Å². The molecule has 0 radical (unpaired) electrons. The van der Waals surface area contributed by atoms with E-state index in [9.17, 15) is 4.79 Å². The van der Waals surface area contributed by atoms with Crippen molar-refractivity contribution in [3.63, 3.8) is 0 Å². The van der Waals surface area contributed by atoms with Crippen molar-refractivity contribution in [3.05, 3.63) is 0 Å². The molecule has 18 heavy (non-hydrogen) atoms. The monoisotopic (exact) mass is 255 g/mol. The number of rotatable bonds is 3. The third-order valence-corrected chi connectivity index (χ3v) is 4.68. The molecule has 0 aromatic carbocycles. The first kappa shape index (κ1) is 15.5. The maximum Gasteiger partial charge on any atom is 0.307 e. The fourth-order valence-corrected chi connectivity index (χ4v) is 2.91. The van der Waals surface area contributed by atoms with E-state index in [-0.39, 0.29) is 12.0 Å². The molecule has 3 nitrogen and oxygen atoms in total. The molecule has 1 fully saturated rings. The number of nitrogens with zero attached hydrogens (tertiary/aromatic N) is 1. The summed E-state index contributed by atoms with van der Waals surface area (Å²) in [6.07, 6.45) is 3.66.